The van der Waals surface area contributed by atoms with Gasteiger partial charge in [-0.15, -0.1) is 0 Å². The van der Waals surface area contributed by atoms with Crippen LogP contribution in [-0.4, -0.2) is 44.1 Å². The highest BCUT2D eigenvalue weighted by Crippen LogP contribution is 2.30. The Bertz CT molecular complexity index is 637. The van der Waals surface area contributed by atoms with Crippen LogP contribution in [0.15, 0.2) is 24.3 Å². The molecular formula is C16H18O7. The van der Waals surface area contributed by atoms with Gasteiger partial charge in [0.2, 0.25) is 0 Å². The highest BCUT2D eigenvalue weighted by Gasteiger charge is 2.42. The van der Waals surface area contributed by atoms with Crippen LogP contribution < -0.4 is 0 Å². The van der Waals surface area contributed by atoms with E-state index in [1.807, 2.05) is 0 Å². The number of benzene rings is 1. The molecule has 1 saturated carbocycles. The molecular weight excluding hydrogens is 304 g/mol. The number of phenolic OH excluding ortho intramolecular Hbond substituents is 2. The number of ether oxygens (including phenoxy) is 1. The van der Waals surface area contributed by atoms with Gasteiger partial charge >= 0.3 is 11.9 Å². The first-order valence-corrected chi connectivity index (χ1v) is 7.16. The van der Waals surface area contributed by atoms with Crippen molar-refractivity contribution < 1.29 is 34.8 Å². The van der Waals surface area contributed by atoms with Crippen molar-refractivity contribution in [2.45, 2.75) is 37.4 Å². The average molecular weight is 322 g/mol. The Morgan fingerprint density at radius 1 is 1.26 bits per heavy atom. The quantitative estimate of drug-likeness (QED) is 0.375. The molecule has 0 radical (unpaired) electrons. The summed E-state index contributed by atoms with van der Waals surface area (Å²) in [6.07, 6.45) is 2.83. The van der Waals surface area contributed by atoms with Gasteiger partial charge < -0.3 is 25.2 Å². The van der Waals surface area contributed by atoms with Crippen molar-refractivity contribution in [3.05, 3.63) is 29.8 Å². The summed E-state index contributed by atoms with van der Waals surface area (Å²) in [4.78, 5) is 22.8. The van der Waals surface area contributed by atoms with E-state index in [4.69, 9.17) is 9.84 Å². The minimum atomic E-state index is -1.85. The Hall–Kier alpha value is -2.54. The summed E-state index contributed by atoms with van der Waals surface area (Å²) >= 11 is 0. The number of aliphatic carboxylic acids is 1. The summed E-state index contributed by atoms with van der Waals surface area (Å²) in [7, 11) is 0. The second kappa shape index (κ2) is 6.70. The first kappa shape index (κ1) is 16.8. The van der Waals surface area contributed by atoms with E-state index in [1.54, 1.807) is 0 Å². The summed E-state index contributed by atoms with van der Waals surface area (Å²) in [5.41, 5.74) is -1.36. The zero-order valence-corrected chi connectivity index (χ0v) is 12.3. The second-order valence-corrected chi connectivity index (χ2v) is 5.57. The molecule has 1 aliphatic carbocycles. The summed E-state index contributed by atoms with van der Waals surface area (Å²) in [5, 5.41) is 37.5. The van der Waals surface area contributed by atoms with Crippen LogP contribution >= 0.6 is 0 Å². The smallest absolute Gasteiger partial charge is 0.335 e. The zero-order valence-electron chi connectivity index (χ0n) is 12.3. The molecule has 2 rings (SSSR count). The van der Waals surface area contributed by atoms with Crippen molar-refractivity contribution in [3.63, 3.8) is 0 Å². The number of carboxylic acids is 1. The van der Waals surface area contributed by atoms with Crippen LogP contribution in [0.3, 0.4) is 0 Å². The zero-order chi connectivity index (χ0) is 17.0. The van der Waals surface area contributed by atoms with Crippen LogP contribution in [0.5, 0.6) is 11.5 Å². The first-order chi connectivity index (χ1) is 10.8. The molecule has 1 aliphatic rings. The molecule has 0 saturated heterocycles. The van der Waals surface area contributed by atoms with Crippen molar-refractivity contribution in [1.82, 2.24) is 0 Å². The third-order valence-corrected chi connectivity index (χ3v) is 3.77. The number of aliphatic hydroxyl groups is 1. The molecule has 0 aromatic heterocycles. The third kappa shape index (κ3) is 4.23. The monoisotopic (exact) mass is 322 g/mol. The molecule has 1 aromatic rings. The number of hydrogen-bond donors (Lipinski definition) is 4. The van der Waals surface area contributed by atoms with Crippen LogP contribution in [-0.2, 0) is 14.3 Å². The van der Waals surface area contributed by atoms with Crippen LogP contribution in [0.25, 0.3) is 6.08 Å². The molecule has 0 aliphatic heterocycles. The van der Waals surface area contributed by atoms with Gasteiger partial charge in [-0.05, 0) is 43.0 Å². The molecule has 1 fully saturated rings. The standard InChI is InChI=1S/C16H18O7/c17-12-5-3-10(8-13(12)18)4-6-14(19)23-11-2-1-7-16(22,9-11)15(20)21/h3-6,8,11,17-18,22H,1-2,7,9H2,(H,20,21)/b6-4+/t11-,16-/m0/s1. The number of carboxylic acid groups (broad SMARTS) is 1. The third-order valence-electron chi connectivity index (χ3n) is 3.77. The van der Waals surface area contributed by atoms with E-state index in [-0.39, 0.29) is 24.3 Å². The molecule has 4 N–H and O–H groups in total. The highest BCUT2D eigenvalue weighted by molar-refractivity contribution is 5.87. The fourth-order valence-electron chi connectivity index (χ4n) is 2.51. The van der Waals surface area contributed by atoms with Gasteiger partial charge in [0, 0.05) is 12.5 Å². The number of esters is 1. The molecule has 2 atom stereocenters. The minimum absolute atomic E-state index is 0.137. The molecule has 0 unspecified atom stereocenters. The second-order valence-electron chi connectivity index (χ2n) is 5.57. The number of hydrogen-bond acceptors (Lipinski definition) is 6. The Morgan fingerprint density at radius 3 is 2.65 bits per heavy atom. The summed E-state index contributed by atoms with van der Waals surface area (Å²) in [6.45, 7) is 0. The lowest BCUT2D eigenvalue weighted by atomic mass is 9.83. The topological polar surface area (TPSA) is 124 Å². The molecule has 0 spiro atoms. The highest BCUT2D eigenvalue weighted by atomic mass is 16.5. The molecule has 1 aromatic carbocycles. The van der Waals surface area contributed by atoms with Gasteiger partial charge in [-0.2, -0.15) is 0 Å². The van der Waals surface area contributed by atoms with E-state index in [9.17, 15) is 24.9 Å². The summed E-state index contributed by atoms with van der Waals surface area (Å²) in [6, 6.07) is 4.07. The van der Waals surface area contributed by atoms with Crippen molar-refractivity contribution in [1.29, 1.82) is 0 Å². The molecule has 7 heteroatoms. The number of carbonyl (C=O) groups excluding carboxylic acids is 1. The Kier molecular flexibility index (Phi) is 4.90. The SMILES string of the molecule is O=C(/C=C/c1ccc(O)c(O)c1)O[C@H]1CCC[C@@](O)(C(=O)O)C1. The van der Waals surface area contributed by atoms with E-state index in [1.165, 1.54) is 24.3 Å². The predicted molar refractivity (Wildman–Crippen MR) is 79.7 cm³/mol. The average Bonchev–Trinajstić information content (AvgIpc) is 2.48. The van der Waals surface area contributed by atoms with Crippen molar-refractivity contribution in [2.75, 3.05) is 0 Å². The summed E-state index contributed by atoms with van der Waals surface area (Å²) in [5.74, 6) is -2.55. The number of rotatable bonds is 4. The van der Waals surface area contributed by atoms with Crippen LogP contribution in [0.2, 0.25) is 0 Å². The minimum Gasteiger partial charge on any atom is -0.504 e. The molecule has 0 heterocycles. The van der Waals surface area contributed by atoms with Crippen LogP contribution in [0, 0.1) is 0 Å². The maximum atomic E-state index is 11.8. The van der Waals surface area contributed by atoms with E-state index in [0.717, 1.165) is 6.08 Å². The van der Waals surface area contributed by atoms with Gasteiger partial charge in [0.1, 0.15) is 6.10 Å². The Balaban J connectivity index is 1.95. The van der Waals surface area contributed by atoms with Gasteiger partial charge in [0.25, 0.3) is 0 Å². The van der Waals surface area contributed by atoms with Crippen LogP contribution in [0.4, 0.5) is 0 Å². The first-order valence-electron chi connectivity index (χ1n) is 7.16. The normalized spacial score (nSPS) is 24.5. The number of carbonyl (C=O) groups is 2. The molecule has 124 valence electrons. The van der Waals surface area contributed by atoms with Crippen molar-refractivity contribution in [2.24, 2.45) is 0 Å². The van der Waals surface area contributed by atoms with E-state index in [2.05, 4.69) is 0 Å². The molecule has 0 bridgehead atoms. The fraction of sp³-hybridized carbons (Fsp3) is 0.375. The van der Waals surface area contributed by atoms with Crippen LogP contribution in [0.1, 0.15) is 31.2 Å². The molecule has 23 heavy (non-hydrogen) atoms. The number of phenols is 2. The fourth-order valence-corrected chi connectivity index (χ4v) is 2.51. The molecule has 0 amide bonds. The van der Waals surface area contributed by atoms with Gasteiger partial charge in [0.15, 0.2) is 17.1 Å². The van der Waals surface area contributed by atoms with E-state index < -0.39 is 23.6 Å². The number of aromatic hydroxyl groups is 2. The van der Waals surface area contributed by atoms with Crippen molar-refractivity contribution in [3.8, 4) is 11.5 Å². The predicted octanol–water partition coefficient (Wildman–Crippen LogP) is 1.41. The lowest BCUT2D eigenvalue weighted by molar-refractivity contribution is -0.171. The maximum absolute atomic E-state index is 11.8. The lowest BCUT2D eigenvalue weighted by Gasteiger charge is -2.32. The molecule has 7 nitrogen and oxygen atoms in total. The summed E-state index contributed by atoms with van der Waals surface area (Å²) < 4.78 is 5.15. The van der Waals surface area contributed by atoms with Gasteiger partial charge in [-0.3, -0.25) is 0 Å². The largest absolute Gasteiger partial charge is 0.504 e. The Morgan fingerprint density at radius 2 is 2.00 bits per heavy atom. The van der Waals surface area contributed by atoms with Crippen molar-refractivity contribution >= 4 is 18.0 Å². The van der Waals surface area contributed by atoms with E-state index in [0.29, 0.717) is 18.4 Å². The maximum Gasteiger partial charge on any atom is 0.335 e. The Labute approximate surface area is 132 Å². The lowest BCUT2D eigenvalue weighted by Crippen LogP contribution is -2.45. The van der Waals surface area contributed by atoms with E-state index >= 15 is 0 Å². The van der Waals surface area contributed by atoms with Gasteiger partial charge in [-0.1, -0.05) is 6.07 Å². The van der Waals surface area contributed by atoms with Gasteiger partial charge in [0.05, 0.1) is 0 Å². The van der Waals surface area contributed by atoms with Gasteiger partial charge in [-0.25, -0.2) is 9.59 Å².